The van der Waals surface area contributed by atoms with Gasteiger partial charge in [-0.2, -0.15) is 0 Å². The molecule has 0 unspecified atom stereocenters. The molecule has 2 aliphatic heterocycles. The van der Waals surface area contributed by atoms with Crippen molar-refractivity contribution in [2.24, 2.45) is 13.0 Å². The van der Waals surface area contributed by atoms with Gasteiger partial charge in [0.15, 0.2) is 0 Å². The number of nitrogens with zero attached hydrogens (tertiary/aromatic N) is 7. The van der Waals surface area contributed by atoms with Crippen LogP contribution in [-0.2, 0) is 18.4 Å². The van der Waals surface area contributed by atoms with Crippen molar-refractivity contribution < 1.29 is 14.7 Å². The topological polar surface area (TPSA) is 142 Å². The highest BCUT2D eigenvalue weighted by Crippen LogP contribution is 2.36. The normalized spacial score (nSPS) is 20.3. The monoisotopic (exact) mass is 594 g/mol. The fourth-order valence-corrected chi connectivity index (χ4v) is 6.77. The van der Waals surface area contributed by atoms with Crippen molar-refractivity contribution in [1.29, 1.82) is 0 Å². The second-order valence-corrected chi connectivity index (χ2v) is 12.1. The molecule has 226 valence electrons. The molecular formula is C32H34N8O4. The molecule has 0 saturated carbocycles. The number of piperidine rings is 2. The van der Waals surface area contributed by atoms with Crippen LogP contribution in [0.4, 0.5) is 0 Å². The Morgan fingerprint density at radius 2 is 1.84 bits per heavy atom. The van der Waals surface area contributed by atoms with Crippen LogP contribution in [0.3, 0.4) is 0 Å². The Morgan fingerprint density at radius 1 is 1.05 bits per heavy atom. The Kier molecular flexibility index (Phi) is 7.00. The zero-order valence-electron chi connectivity index (χ0n) is 24.5. The third-order valence-electron chi connectivity index (χ3n) is 9.34. The van der Waals surface area contributed by atoms with Crippen LogP contribution in [0.2, 0.25) is 0 Å². The lowest BCUT2D eigenvalue weighted by atomic mass is 9.79. The Bertz CT molecular complexity index is 1900. The van der Waals surface area contributed by atoms with Gasteiger partial charge in [0.05, 0.1) is 23.0 Å². The number of aromatic nitrogens is 6. The van der Waals surface area contributed by atoms with Crippen LogP contribution in [-0.4, -0.2) is 88.0 Å². The Morgan fingerprint density at radius 3 is 2.64 bits per heavy atom. The third kappa shape index (κ3) is 5.04. The number of aliphatic hydroxyl groups is 1. The van der Waals surface area contributed by atoms with E-state index in [1.807, 2.05) is 47.2 Å². The van der Waals surface area contributed by atoms with E-state index >= 15 is 0 Å². The zero-order chi connectivity index (χ0) is 30.4. The molecule has 5 aromatic rings. The van der Waals surface area contributed by atoms with Gasteiger partial charge < -0.3 is 19.5 Å². The molecule has 0 spiro atoms. The van der Waals surface area contributed by atoms with E-state index in [1.54, 1.807) is 35.0 Å². The fraction of sp³-hybridized carbons (Fsp3) is 0.375. The average molecular weight is 595 g/mol. The molecule has 2 atom stereocenters. The standard InChI is InChI=1S/C32H34N8O4/c1-37-13-9-24-28(37)33-20-40(31(24)43)19-32(44)11-15-38(16-12-32)30(42)23-10-14-39(18-25(23)21-5-3-2-4-6-21)29(41)22-7-8-26-27(17-22)35-36-34-26/h2-9,13,17,20,23,25,44H,10-12,14-16,18-19H2,1H3,(H,34,35,36)/t23-,25+/m1/s1. The zero-order valence-corrected chi connectivity index (χ0v) is 24.5. The molecule has 2 N–H and O–H groups in total. The maximum atomic E-state index is 14.0. The van der Waals surface area contributed by atoms with Gasteiger partial charge in [-0.05, 0) is 49.1 Å². The van der Waals surface area contributed by atoms with Crippen molar-refractivity contribution in [2.45, 2.75) is 37.3 Å². The number of carbonyl (C=O) groups is 2. The van der Waals surface area contributed by atoms with Gasteiger partial charge in [0, 0.05) is 56.8 Å². The first-order chi connectivity index (χ1) is 21.3. The Hall–Kier alpha value is -4.84. The first-order valence-electron chi connectivity index (χ1n) is 15.0. The van der Waals surface area contributed by atoms with Crippen LogP contribution in [0.25, 0.3) is 22.1 Å². The van der Waals surface area contributed by atoms with E-state index in [0.29, 0.717) is 67.6 Å². The van der Waals surface area contributed by atoms with E-state index in [-0.39, 0.29) is 35.8 Å². The number of H-pyrrole nitrogens is 1. The molecule has 2 aliphatic rings. The largest absolute Gasteiger partial charge is 0.388 e. The lowest BCUT2D eigenvalue weighted by Gasteiger charge is -2.43. The van der Waals surface area contributed by atoms with Crippen molar-refractivity contribution in [2.75, 3.05) is 26.2 Å². The van der Waals surface area contributed by atoms with Crippen LogP contribution in [0, 0.1) is 5.92 Å². The summed E-state index contributed by atoms with van der Waals surface area (Å²) in [6.07, 6.45) is 4.53. The summed E-state index contributed by atoms with van der Waals surface area (Å²) in [7, 11) is 1.84. The second-order valence-electron chi connectivity index (χ2n) is 12.1. The number of aromatic amines is 1. The van der Waals surface area contributed by atoms with Crippen LogP contribution >= 0.6 is 0 Å². The SMILES string of the molecule is Cn1ccc2c(=O)n(CC3(O)CCN(C(=O)[C@@H]4CCN(C(=O)c5ccc6[nH]nnc6c5)C[C@H]4c4ccccc4)CC3)cnc21. The van der Waals surface area contributed by atoms with Crippen molar-refractivity contribution >= 4 is 33.9 Å². The van der Waals surface area contributed by atoms with E-state index in [4.69, 9.17) is 0 Å². The smallest absolute Gasteiger partial charge is 0.262 e. The van der Waals surface area contributed by atoms with Gasteiger partial charge in [-0.25, -0.2) is 4.98 Å². The molecule has 2 aromatic carbocycles. The van der Waals surface area contributed by atoms with Crippen LogP contribution in [0.15, 0.2) is 71.9 Å². The summed E-state index contributed by atoms with van der Waals surface area (Å²) < 4.78 is 3.26. The summed E-state index contributed by atoms with van der Waals surface area (Å²) in [5.41, 5.74) is 2.26. The third-order valence-corrected chi connectivity index (χ3v) is 9.34. The van der Waals surface area contributed by atoms with Gasteiger partial charge in [0.2, 0.25) is 5.91 Å². The first-order valence-corrected chi connectivity index (χ1v) is 15.0. The predicted octanol–water partition coefficient (Wildman–Crippen LogP) is 2.31. The number of hydrogen-bond donors (Lipinski definition) is 2. The molecule has 44 heavy (non-hydrogen) atoms. The summed E-state index contributed by atoms with van der Waals surface area (Å²) in [5.74, 6) is -0.511. The second kappa shape index (κ2) is 11.0. The number of hydrogen-bond acceptors (Lipinski definition) is 7. The molecule has 2 fully saturated rings. The maximum absolute atomic E-state index is 14.0. The molecule has 2 saturated heterocycles. The molecule has 7 rings (SSSR count). The number of nitrogens with one attached hydrogen (secondary N) is 1. The number of fused-ring (bicyclic) bond motifs is 2. The van der Waals surface area contributed by atoms with Gasteiger partial charge in [-0.3, -0.25) is 24.0 Å². The minimum atomic E-state index is -1.12. The molecule has 5 heterocycles. The summed E-state index contributed by atoms with van der Waals surface area (Å²) in [5, 5.41) is 22.6. The van der Waals surface area contributed by atoms with Crippen molar-refractivity contribution in [3.05, 3.63) is 88.6 Å². The number of carbonyl (C=O) groups excluding carboxylic acids is 2. The number of rotatable bonds is 5. The highest BCUT2D eigenvalue weighted by molar-refractivity contribution is 5.97. The van der Waals surface area contributed by atoms with E-state index in [1.165, 1.54) is 10.9 Å². The summed E-state index contributed by atoms with van der Waals surface area (Å²) in [4.78, 5) is 48.7. The number of benzene rings is 2. The molecule has 0 radical (unpaired) electrons. The number of aryl methyl sites for hydroxylation is 1. The molecular weight excluding hydrogens is 560 g/mol. The van der Waals surface area contributed by atoms with E-state index in [2.05, 4.69) is 20.4 Å². The maximum Gasteiger partial charge on any atom is 0.262 e. The molecule has 3 aromatic heterocycles. The van der Waals surface area contributed by atoms with Gasteiger partial charge in [0.1, 0.15) is 17.5 Å². The predicted molar refractivity (Wildman–Crippen MR) is 163 cm³/mol. The molecule has 0 bridgehead atoms. The Labute approximate surface area is 252 Å². The fourth-order valence-electron chi connectivity index (χ4n) is 6.77. The van der Waals surface area contributed by atoms with Crippen molar-refractivity contribution in [1.82, 2.24) is 39.3 Å². The van der Waals surface area contributed by atoms with Gasteiger partial charge in [0.25, 0.3) is 11.5 Å². The average Bonchev–Trinajstić information content (AvgIpc) is 3.68. The van der Waals surface area contributed by atoms with Gasteiger partial charge in [-0.15, -0.1) is 5.10 Å². The molecule has 12 heteroatoms. The van der Waals surface area contributed by atoms with Crippen molar-refractivity contribution in [3.63, 3.8) is 0 Å². The summed E-state index contributed by atoms with van der Waals surface area (Å²) >= 11 is 0. The number of likely N-dealkylation sites (tertiary alicyclic amines) is 2. The minimum Gasteiger partial charge on any atom is -0.388 e. The number of amides is 2. The van der Waals surface area contributed by atoms with Crippen molar-refractivity contribution in [3.8, 4) is 0 Å². The quantitative estimate of drug-likeness (QED) is 0.318. The highest BCUT2D eigenvalue weighted by atomic mass is 16.3. The molecule has 0 aliphatic carbocycles. The van der Waals surface area contributed by atoms with Gasteiger partial charge >= 0.3 is 0 Å². The Balaban J connectivity index is 1.05. The first kappa shape index (κ1) is 28.0. The molecule has 2 amide bonds. The highest BCUT2D eigenvalue weighted by Gasteiger charge is 2.41. The van der Waals surface area contributed by atoms with E-state index in [0.717, 1.165) is 11.1 Å². The lowest BCUT2D eigenvalue weighted by Crippen LogP contribution is -2.53. The van der Waals surface area contributed by atoms with Crippen LogP contribution in [0.5, 0.6) is 0 Å². The van der Waals surface area contributed by atoms with E-state index in [9.17, 15) is 19.5 Å². The minimum absolute atomic E-state index is 0.0431. The lowest BCUT2D eigenvalue weighted by molar-refractivity contribution is -0.142. The van der Waals surface area contributed by atoms with Crippen LogP contribution < -0.4 is 5.56 Å². The van der Waals surface area contributed by atoms with Gasteiger partial charge in [-0.1, -0.05) is 35.5 Å². The summed E-state index contributed by atoms with van der Waals surface area (Å²) in [6, 6.07) is 17.0. The summed E-state index contributed by atoms with van der Waals surface area (Å²) in [6.45, 7) is 1.79. The van der Waals surface area contributed by atoms with E-state index < -0.39 is 5.60 Å². The molecule has 12 nitrogen and oxygen atoms in total. The van der Waals surface area contributed by atoms with Crippen LogP contribution in [0.1, 0.15) is 41.1 Å².